The lowest BCUT2D eigenvalue weighted by atomic mass is 9.93. The summed E-state index contributed by atoms with van der Waals surface area (Å²) in [4.78, 5) is 32.5. The third kappa shape index (κ3) is 5.17. The Balaban J connectivity index is 1.80. The molecule has 3 aromatic carbocycles. The molecular weight excluding hydrogens is 515 g/mol. The van der Waals surface area contributed by atoms with E-state index in [1.807, 2.05) is 48.5 Å². The molecule has 0 saturated heterocycles. The highest BCUT2D eigenvalue weighted by Crippen LogP contribution is 2.35. The maximum atomic E-state index is 13.9. The third-order valence-electron chi connectivity index (χ3n) is 6.08. The summed E-state index contributed by atoms with van der Waals surface area (Å²) in [6.07, 6.45) is 7.07. The highest BCUT2D eigenvalue weighted by molar-refractivity contribution is 7.07. The number of hydrogen-bond acceptors (Lipinski definition) is 6. The molecule has 1 aliphatic heterocycles. The number of terminal acetylenes is 1. The fourth-order valence-corrected chi connectivity index (χ4v) is 5.38. The SMILES string of the molecule is C#CCOc1ccccc1/C=c1\sc2n(c1=O)[C@H](c1ccc(F)cc1)C(C(=O)OCC)=C(c1ccccc1)N=2. The molecule has 5 rings (SSSR count). The average Bonchev–Trinajstić information content (AvgIpc) is 3.27. The first-order valence-corrected chi connectivity index (χ1v) is 13.0. The van der Waals surface area contributed by atoms with E-state index in [9.17, 15) is 14.0 Å². The van der Waals surface area contributed by atoms with Crippen LogP contribution in [0.2, 0.25) is 0 Å². The lowest BCUT2D eigenvalue weighted by Gasteiger charge is -2.25. The zero-order chi connectivity index (χ0) is 27.4. The van der Waals surface area contributed by atoms with E-state index in [-0.39, 0.29) is 24.3 Å². The molecule has 194 valence electrons. The molecule has 39 heavy (non-hydrogen) atoms. The molecule has 8 heteroatoms. The molecule has 0 fully saturated rings. The molecule has 1 aliphatic rings. The van der Waals surface area contributed by atoms with Gasteiger partial charge in [-0.1, -0.05) is 77.9 Å². The second-order valence-electron chi connectivity index (χ2n) is 8.51. The Morgan fingerprint density at radius 1 is 1.10 bits per heavy atom. The van der Waals surface area contributed by atoms with Crippen LogP contribution in [0, 0.1) is 18.2 Å². The molecule has 0 aliphatic carbocycles. The van der Waals surface area contributed by atoms with E-state index in [0.29, 0.717) is 37.5 Å². The summed E-state index contributed by atoms with van der Waals surface area (Å²) in [7, 11) is 0. The molecule has 0 saturated carbocycles. The number of rotatable bonds is 7. The standard InChI is InChI=1S/C31H23FN2O4S/c1-3-18-38-24-13-9-8-12-22(24)19-25-29(35)34-28(21-14-16-23(32)17-15-21)26(30(36)37-4-2)27(33-31(34)39-25)20-10-6-5-7-11-20/h1,5-17,19,28H,4,18H2,2H3/b25-19-/t28-/m1/s1. The van der Waals surface area contributed by atoms with Crippen molar-refractivity contribution in [3.63, 3.8) is 0 Å². The van der Waals surface area contributed by atoms with Crippen LogP contribution in [-0.4, -0.2) is 23.8 Å². The third-order valence-corrected chi connectivity index (χ3v) is 7.06. The summed E-state index contributed by atoms with van der Waals surface area (Å²) in [6, 6.07) is 21.3. The van der Waals surface area contributed by atoms with Gasteiger partial charge in [-0.3, -0.25) is 9.36 Å². The average molecular weight is 539 g/mol. The van der Waals surface area contributed by atoms with Gasteiger partial charge in [0.2, 0.25) is 0 Å². The van der Waals surface area contributed by atoms with E-state index in [0.717, 1.165) is 0 Å². The van der Waals surface area contributed by atoms with Crippen LogP contribution in [0.25, 0.3) is 11.8 Å². The highest BCUT2D eigenvalue weighted by atomic mass is 32.1. The van der Waals surface area contributed by atoms with Crippen LogP contribution in [0.5, 0.6) is 5.75 Å². The molecule has 0 radical (unpaired) electrons. The van der Waals surface area contributed by atoms with E-state index in [1.54, 1.807) is 31.2 Å². The van der Waals surface area contributed by atoms with Crippen LogP contribution >= 0.6 is 11.3 Å². The number of esters is 1. The first-order valence-electron chi connectivity index (χ1n) is 12.2. The van der Waals surface area contributed by atoms with Crippen molar-refractivity contribution >= 4 is 29.1 Å². The summed E-state index contributed by atoms with van der Waals surface area (Å²) in [5.74, 6) is 1.95. The van der Waals surface area contributed by atoms with Crippen molar-refractivity contribution in [1.29, 1.82) is 0 Å². The number of thiazole rings is 1. The van der Waals surface area contributed by atoms with Crippen molar-refractivity contribution < 1.29 is 18.7 Å². The lowest BCUT2D eigenvalue weighted by Crippen LogP contribution is -2.40. The number of nitrogens with zero attached hydrogens (tertiary/aromatic N) is 2. The second kappa shape index (κ2) is 11.3. The summed E-state index contributed by atoms with van der Waals surface area (Å²) < 4.78 is 26.8. The van der Waals surface area contributed by atoms with Crippen LogP contribution in [0.3, 0.4) is 0 Å². The predicted molar refractivity (Wildman–Crippen MR) is 148 cm³/mol. The minimum Gasteiger partial charge on any atom is -0.480 e. The predicted octanol–water partition coefficient (Wildman–Crippen LogP) is 4.09. The van der Waals surface area contributed by atoms with Gasteiger partial charge in [-0.2, -0.15) is 0 Å². The summed E-state index contributed by atoms with van der Waals surface area (Å²) >= 11 is 1.19. The first kappa shape index (κ1) is 25.9. The van der Waals surface area contributed by atoms with Crippen molar-refractivity contribution in [3.8, 4) is 18.1 Å². The normalized spacial score (nSPS) is 14.8. The van der Waals surface area contributed by atoms with Gasteiger partial charge in [-0.15, -0.1) is 6.42 Å². The van der Waals surface area contributed by atoms with Crippen molar-refractivity contribution in [2.75, 3.05) is 13.2 Å². The number of carbonyl (C=O) groups excluding carboxylic acids is 1. The number of fused-ring (bicyclic) bond motifs is 1. The highest BCUT2D eigenvalue weighted by Gasteiger charge is 2.35. The van der Waals surface area contributed by atoms with Crippen molar-refractivity contribution in [3.05, 3.63) is 127 Å². The molecule has 4 aromatic rings. The van der Waals surface area contributed by atoms with Gasteiger partial charge in [0.05, 0.1) is 28.5 Å². The Bertz CT molecular complexity index is 1780. The number of hydrogen-bond donors (Lipinski definition) is 0. The van der Waals surface area contributed by atoms with E-state index in [2.05, 4.69) is 5.92 Å². The molecule has 0 N–H and O–H groups in total. The lowest BCUT2D eigenvalue weighted by molar-refractivity contribution is -0.138. The van der Waals surface area contributed by atoms with Crippen molar-refractivity contribution in [1.82, 2.24) is 4.57 Å². The Morgan fingerprint density at radius 3 is 2.54 bits per heavy atom. The van der Waals surface area contributed by atoms with Gasteiger partial charge in [0.1, 0.15) is 18.2 Å². The van der Waals surface area contributed by atoms with Gasteiger partial charge in [-0.25, -0.2) is 14.2 Å². The van der Waals surface area contributed by atoms with E-state index in [4.69, 9.17) is 20.9 Å². The topological polar surface area (TPSA) is 69.9 Å². The van der Waals surface area contributed by atoms with Gasteiger partial charge >= 0.3 is 5.97 Å². The van der Waals surface area contributed by atoms with Crippen LogP contribution in [0.15, 0.2) is 94.2 Å². The molecule has 0 unspecified atom stereocenters. The quantitative estimate of drug-likeness (QED) is 0.263. The maximum Gasteiger partial charge on any atom is 0.338 e. The molecule has 1 aromatic heterocycles. The Hall–Kier alpha value is -4.74. The number of para-hydroxylation sites is 1. The summed E-state index contributed by atoms with van der Waals surface area (Å²) in [6.45, 7) is 1.93. The van der Waals surface area contributed by atoms with Gasteiger partial charge in [0.25, 0.3) is 5.56 Å². The summed E-state index contributed by atoms with van der Waals surface area (Å²) in [5.41, 5.74) is 2.16. The molecular formula is C31H23FN2O4S. The smallest absolute Gasteiger partial charge is 0.338 e. The Labute approximate surface area is 228 Å². The molecule has 6 nitrogen and oxygen atoms in total. The van der Waals surface area contributed by atoms with E-state index < -0.39 is 17.8 Å². The monoisotopic (exact) mass is 538 g/mol. The van der Waals surface area contributed by atoms with Gasteiger partial charge in [0.15, 0.2) is 4.80 Å². The molecule has 2 heterocycles. The number of benzene rings is 3. The maximum absolute atomic E-state index is 13.9. The van der Waals surface area contributed by atoms with Crippen LogP contribution in [0.1, 0.15) is 29.7 Å². The minimum absolute atomic E-state index is 0.0833. The number of carbonyl (C=O) groups is 1. The van der Waals surface area contributed by atoms with Crippen LogP contribution in [-0.2, 0) is 9.53 Å². The molecule has 1 atom stereocenters. The van der Waals surface area contributed by atoms with Crippen LogP contribution in [0.4, 0.5) is 4.39 Å². The van der Waals surface area contributed by atoms with Crippen molar-refractivity contribution in [2.24, 2.45) is 4.99 Å². The molecule has 0 spiro atoms. The Kier molecular flexibility index (Phi) is 7.53. The second-order valence-corrected chi connectivity index (χ2v) is 9.52. The largest absolute Gasteiger partial charge is 0.480 e. The summed E-state index contributed by atoms with van der Waals surface area (Å²) in [5, 5.41) is 0. The van der Waals surface area contributed by atoms with Gasteiger partial charge in [-0.05, 0) is 36.8 Å². The van der Waals surface area contributed by atoms with Crippen LogP contribution < -0.4 is 19.6 Å². The van der Waals surface area contributed by atoms with Crippen molar-refractivity contribution in [2.45, 2.75) is 13.0 Å². The number of aromatic nitrogens is 1. The number of halogens is 1. The number of ether oxygens (including phenoxy) is 2. The zero-order valence-electron chi connectivity index (χ0n) is 21.0. The van der Waals surface area contributed by atoms with E-state index >= 15 is 0 Å². The fraction of sp³-hybridized carbons (Fsp3) is 0.129. The molecule has 0 amide bonds. The Morgan fingerprint density at radius 2 is 1.82 bits per heavy atom. The minimum atomic E-state index is -0.883. The molecule has 0 bridgehead atoms. The zero-order valence-corrected chi connectivity index (χ0v) is 21.8. The fourth-order valence-electron chi connectivity index (χ4n) is 4.39. The van der Waals surface area contributed by atoms with E-state index in [1.165, 1.54) is 28.0 Å². The van der Waals surface area contributed by atoms with Gasteiger partial charge < -0.3 is 9.47 Å². The van der Waals surface area contributed by atoms with Gasteiger partial charge in [0, 0.05) is 11.1 Å². The first-order chi connectivity index (χ1) is 19.0.